The van der Waals surface area contributed by atoms with Crippen LogP contribution in [0, 0.1) is 0 Å². The Morgan fingerprint density at radius 3 is 2.89 bits per heavy atom. The van der Waals surface area contributed by atoms with E-state index >= 15 is 0 Å². The first-order valence-corrected chi connectivity index (χ1v) is 6.18. The molecular weight excluding hydrogens is 240 g/mol. The molecule has 0 aliphatic carbocycles. The molecule has 0 saturated carbocycles. The number of hydrogen-bond donors (Lipinski definition) is 2. The summed E-state index contributed by atoms with van der Waals surface area (Å²) < 4.78 is 1.74. The lowest BCUT2D eigenvalue weighted by atomic mass is 10.00. The van der Waals surface area contributed by atoms with E-state index in [-0.39, 0.29) is 11.8 Å². The van der Waals surface area contributed by atoms with Crippen molar-refractivity contribution in [1.82, 2.24) is 15.1 Å². The Kier molecular flexibility index (Phi) is 3.85. The molecule has 5 nitrogen and oxygen atoms in total. The van der Waals surface area contributed by atoms with Crippen molar-refractivity contribution in [2.45, 2.75) is 19.4 Å². The maximum atomic E-state index is 12.1. The van der Waals surface area contributed by atoms with E-state index in [1.807, 2.05) is 44.3 Å². The van der Waals surface area contributed by atoms with Gasteiger partial charge in [0, 0.05) is 18.9 Å². The zero-order chi connectivity index (χ0) is 13.8. The molecule has 1 unspecified atom stereocenters. The molecule has 2 aromatic rings. The number of aryl methyl sites for hydroxylation is 1. The van der Waals surface area contributed by atoms with Crippen LogP contribution in [-0.4, -0.2) is 15.7 Å². The number of benzene rings is 1. The van der Waals surface area contributed by atoms with E-state index in [9.17, 15) is 4.79 Å². The van der Waals surface area contributed by atoms with Gasteiger partial charge in [-0.05, 0) is 30.7 Å². The van der Waals surface area contributed by atoms with Crippen LogP contribution >= 0.6 is 0 Å². The van der Waals surface area contributed by atoms with Gasteiger partial charge in [-0.15, -0.1) is 0 Å². The highest BCUT2D eigenvalue weighted by Crippen LogP contribution is 2.17. The minimum Gasteiger partial charge on any atom is -0.399 e. The molecule has 1 atom stereocenters. The van der Waals surface area contributed by atoms with E-state index in [0.717, 1.165) is 11.3 Å². The fourth-order valence-corrected chi connectivity index (χ4v) is 1.89. The number of amides is 1. The zero-order valence-corrected chi connectivity index (χ0v) is 11.1. The Morgan fingerprint density at radius 1 is 1.47 bits per heavy atom. The molecule has 1 aromatic heterocycles. The summed E-state index contributed by atoms with van der Waals surface area (Å²) in [5.74, 6) is -0.247. The Balaban J connectivity index is 1.98. The van der Waals surface area contributed by atoms with Crippen molar-refractivity contribution in [3.05, 3.63) is 47.8 Å². The van der Waals surface area contributed by atoms with Gasteiger partial charge in [0.1, 0.15) is 0 Å². The van der Waals surface area contributed by atoms with Crippen molar-refractivity contribution in [2.75, 3.05) is 5.73 Å². The number of hydrogen-bond acceptors (Lipinski definition) is 3. The summed E-state index contributed by atoms with van der Waals surface area (Å²) in [6.45, 7) is 2.34. The lowest BCUT2D eigenvalue weighted by molar-refractivity contribution is -0.122. The van der Waals surface area contributed by atoms with Crippen LogP contribution in [0.2, 0.25) is 0 Å². The van der Waals surface area contributed by atoms with Crippen molar-refractivity contribution in [2.24, 2.45) is 7.05 Å². The number of nitrogens with zero attached hydrogens (tertiary/aromatic N) is 2. The van der Waals surface area contributed by atoms with Gasteiger partial charge >= 0.3 is 0 Å². The van der Waals surface area contributed by atoms with E-state index in [1.54, 1.807) is 10.9 Å². The highest BCUT2D eigenvalue weighted by atomic mass is 16.1. The molecular formula is C14H18N4O. The van der Waals surface area contributed by atoms with Gasteiger partial charge in [0.25, 0.3) is 0 Å². The van der Waals surface area contributed by atoms with Crippen LogP contribution in [0.15, 0.2) is 36.5 Å². The largest absolute Gasteiger partial charge is 0.399 e. The van der Waals surface area contributed by atoms with E-state index < -0.39 is 0 Å². The SMILES string of the molecule is CC(C(=O)NCc1ccnn1C)c1cccc(N)c1. The average molecular weight is 258 g/mol. The summed E-state index contributed by atoms with van der Waals surface area (Å²) in [5.41, 5.74) is 8.28. The van der Waals surface area contributed by atoms with Gasteiger partial charge in [-0.2, -0.15) is 5.10 Å². The van der Waals surface area contributed by atoms with Crippen LogP contribution in [0.4, 0.5) is 5.69 Å². The summed E-state index contributed by atoms with van der Waals surface area (Å²) in [5, 5.41) is 6.96. The first-order valence-electron chi connectivity index (χ1n) is 6.18. The van der Waals surface area contributed by atoms with Crippen molar-refractivity contribution in [3.8, 4) is 0 Å². The number of carbonyl (C=O) groups is 1. The molecule has 0 bridgehead atoms. The molecule has 5 heteroatoms. The first kappa shape index (κ1) is 13.1. The van der Waals surface area contributed by atoms with Crippen molar-refractivity contribution >= 4 is 11.6 Å². The molecule has 100 valence electrons. The molecule has 1 heterocycles. The Hall–Kier alpha value is -2.30. The number of rotatable bonds is 4. The smallest absolute Gasteiger partial charge is 0.227 e. The molecule has 0 aliphatic heterocycles. The number of anilines is 1. The molecule has 0 fully saturated rings. The van der Waals surface area contributed by atoms with E-state index in [2.05, 4.69) is 10.4 Å². The Labute approximate surface area is 112 Å². The Morgan fingerprint density at radius 2 is 2.26 bits per heavy atom. The lowest BCUT2D eigenvalue weighted by Crippen LogP contribution is -2.28. The second kappa shape index (κ2) is 5.56. The predicted octanol–water partition coefficient (Wildman–Crippen LogP) is 1.42. The minimum atomic E-state index is -0.225. The topological polar surface area (TPSA) is 72.9 Å². The maximum absolute atomic E-state index is 12.1. The quantitative estimate of drug-likeness (QED) is 0.815. The highest BCUT2D eigenvalue weighted by molar-refractivity contribution is 5.83. The summed E-state index contributed by atoms with van der Waals surface area (Å²) in [4.78, 5) is 12.1. The van der Waals surface area contributed by atoms with E-state index in [0.29, 0.717) is 12.2 Å². The van der Waals surface area contributed by atoms with Crippen molar-refractivity contribution in [3.63, 3.8) is 0 Å². The number of nitrogens with one attached hydrogen (secondary N) is 1. The van der Waals surface area contributed by atoms with Gasteiger partial charge in [0.05, 0.1) is 18.2 Å². The van der Waals surface area contributed by atoms with Crippen LogP contribution in [0.1, 0.15) is 24.1 Å². The molecule has 2 rings (SSSR count). The van der Waals surface area contributed by atoms with Crippen LogP contribution in [0.25, 0.3) is 0 Å². The van der Waals surface area contributed by atoms with Crippen molar-refractivity contribution < 1.29 is 4.79 Å². The first-order chi connectivity index (χ1) is 9.08. The summed E-state index contributed by atoms with van der Waals surface area (Å²) in [6.07, 6.45) is 1.71. The number of carbonyl (C=O) groups excluding carboxylic acids is 1. The predicted molar refractivity (Wildman–Crippen MR) is 74.3 cm³/mol. The molecule has 0 spiro atoms. The Bertz CT molecular complexity index is 576. The number of nitrogen functional groups attached to an aromatic ring is 1. The summed E-state index contributed by atoms with van der Waals surface area (Å²) in [7, 11) is 1.85. The minimum absolute atomic E-state index is 0.0215. The van der Waals surface area contributed by atoms with Gasteiger partial charge in [0.2, 0.25) is 5.91 Å². The monoisotopic (exact) mass is 258 g/mol. The van der Waals surface area contributed by atoms with Crippen LogP contribution < -0.4 is 11.1 Å². The van der Waals surface area contributed by atoms with E-state index in [1.165, 1.54) is 0 Å². The average Bonchev–Trinajstić information content (AvgIpc) is 2.80. The third-order valence-electron chi connectivity index (χ3n) is 3.17. The summed E-state index contributed by atoms with van der Waals surface area (Å²) in [6, 6.07) is 9.28. The van der Waals surface area contributed by atoms with Gasteiger partial charge in [-0.3, -0.25) is 9.48 Å². The van der Waals surface area contributed by atoms with Crippen molar-refractivity contribution in [1.29, 1.82) is 0 Å². The third-order valence-corrected chi connectivity index (χ3v) is 3.17. The van der Waals surface area contributed by atoms with Gasteiger partial charge in [-0.25, -0.2) is 0 Å². The van der Waals surface area contributed by atoms with Gasteiger partial charge in [-0.1, -0.05) is 12.1 Å². The van der Waals surface area contributed by atoms with Gasteiger partial charge in [0.15, 0.2) is 0 Å². The fourth-order valence-electron chi connectivity index (χ4n) is 1.89. The summed E-state index contributed by atoms with van der Waals surface area (Å²) >= 11 is 0. The molecule has 0 aliphatic rings. The lowest BCUT2D eigenvalue weighted by Gasteiger charge is -2.13. The molecule has 0 saturated heterocycles. The molecule has 0 radical (unpaired) electrons. The molecule has 1 aromatic carbocycles. The zero-order valence-electron chi connectivity index (χ0n) is 11.1. The van der Waals surface area contributed by atoms with Crippen LogP contribution in [-0.2, 0) is 18.4 Å². The molecule has 3 N–H and O–H groups in total. The molecule has 1 amide bonds. The van der Waals surface area contributed by atoms with Crippen LogP contribution in [0.5, 0.6) is 0 Å². The maximum Gasteiger partial charge on any atom is 0.227 e. The standard InChI is InChI=1S/C14H18N4O/c1-10(11-4-3-5-12(15)8-11)14(19)16-9-13-6-7-17-18(13)2/h3-8,10H,9,15H2,1-2H3,(H,16,19). The third kappa shape index (κ3) is 3.13. The second-order valence-corrected chi connectivity index (χ2v) is 4.56. The molecule has 19 heavy (non-hydrogen) atoms. The highest BCUT2D eigenvalue weighted by Gasteiger charge is 2.15. The number of nitrogens with two attached hydrogens (primary N) is 1. The second-order valence-electron chi connectivity index (χ2n) is 4.56. The number of aromatic nitrogens is 2. The van der Waals surface area contributed by atoms with E-state index in [4.69, 9.17) is 5.73 Å². The van der Waals surface area contributed by atoms with Crippen LogP contribution in [0.3, 0.4) is 0 Å². The van der Waals surface area contributed by atoms with Gasteiger partial charge < -0.3 is 11.1 Å². The fraction of sp³-hybridized carbons (Fsp3) is 0.286. The normalized spacial score (nSPS) is 12.1.